The van der Waals surface area contributed by atoms with E-state index in [-0.39, 0.29) is 19.1 Å². The van der Waals surface area contributed by atoms with Crippen LogP contribution in [0.5, 0.6) is 0 Å². The van der Waals surface area contributed by atoms with Crippen LogP contribution in [0.25, 0.3) is 10.3 Å². The van der Waals surface area contributed by atoms with Crippen molar-refractivity contribution in [3.05, 3.63) is 54.2 Å². The Morgan fingerprint density at radius 3 is 2.62 bits per heavy atom. The lowest BCUT2D eigenvalue weighted by Gasteiger charge is -2.34. The minimum absolute atomic E-state index is 0.0708. The molecular formula is C20H21N5O3S. The van der Waals surface area contributed by atoms with E-state index < -0.39 is 6.09 Å². The van der Waals surface area contributed by atoms with Crippen molar-refractivity contribution in [3.63, 3.8) is 0 Å². The molecule has 0 radical (unpaired) electrons. The van der Waals surface area contributed by atoms with E-state index in [9.17, 15) is 9.59 Å². The summed E-state index contributed by atoms with van der Waals surface area (Å²) >= 11 is 1.56. The highest BCUT2D eigenvalue weighted by atomic mass is 32.1. The Labute approximate surface area is 172 Å². The highest BCUT2D eigenvalue weighted by Crippen LogP contribution is 2.27. The summed E-state index contributed by atoms with van der Waals surface area (Å²) in [7, 11) is 0. The van der Waals surface area contributed by atoms with Gasteiger partial charge in [0.2, 0.25) is 5.91 Å². The maximum Gasteiger partial charge on any atom is 0.407 e. The number of benzene rings is 1. The van der Waals surface area contributed by atoms with Crippen LogP contribution >= 0.6 is 11.3 Å². The van der Waals surface area contributed by atoms with E-state index in [1.807, 2.05) is 42.5 Å². The smallest absolute Gasteiger partial charge is 0.407 e. The van der Waals surface area contributed by atoms with Gasteiger partial charge in [-0.3, -0.25) is 4.79 Å². The zero-order valence-corrected chi connectivity index (χ0v) is 16.6. The Morgan fingerprint density at radius 1 is 1.07 bits per heavy atom. The fourth-order valence-corrected chi connectivity index (χ4v) is 4.03. The number of carbonyl (C=O) groups is 2. The van der Waals surface area contributed by atoms with Gasteiger partial charge in [0.25, 0.3) is 0 Å². The number of amides is 2. The molecule has 1 N–H and O–H groups in total. The van der Waals surface area contributed by atoms with Gasteiger partial charge in [-0.1, -0.05) is 41.7 Å². The zero-order valence-electron chi connectivity index (χ0n) is 15.8. The van der Waals surface area contributed by atoms with Gasteiger partial charge in [-0.05, 0) is 17.7 Å². The largest absolute Gasteiger partial charge is 0.445 e. The Kier molecular flexibility index (Phi) is 5.85. The molecule has 3 heterocycles. The SMILES string of the molecule is O=C(NCC(=O)N1CCN(c2nc3cccnc3s2)CC1)OCc1ccccc1. The van der Waals surface area contributed by atoms with Crippen molar-refractivity contribution >= 4 is 38.8 Å². The molecule has 1 fully saturated rings. The van der Waals surface area contributed by atoms with Gasteiger partial charge in [-0.15, -0.1) is 0 Å². The molecule has 1 aromatic carbocycles. The van der Waals surface area contributed by atoms with Gasteiger partial charge in [0.1, 0.15) is 23.5 Å². The van der Waals surface area contributed by atoms with E-state index in [1.54, 1.807) is 22.4 Å². The molecule has 3 aromatic rings. The van der Waals surface area contributed by atoms with E-state index in [2.05, 4.69) is 20.2 Å². The molecule has 0 spiro atoms. The molecule has 1 aliphatic heterocycles. The molecule has 0 atom stereocenters. The molecule has 8 nitrogen and oxygen atoms in total. The molecule has 2 aromatic heterocycles. The maximum absolute atomic E-state index is 12.4. The van der Waals surface area contributed by atoms with Crippen LogP contribution in [-0.4, -0.2) is 59.6 Å². The van der Waals surface area contributed by atoms with Gasteiger partial charge in [-0.25, -0.2) is 14.8 Å². The number of nitrogens with one attached hydrogen (secondary N) is 1. The lowest BCUT2D eigenvalue weighted by Crippen LogP contribution is -2.51. The lowest BCUT2D eigenvalue weighted by atomic mass is 10.2. The van der Waals surface area contributed by atoms with Crippen LogP contribution in [0.1, 0.15) is 5.56 Å². The van der Waals surface area contributed by atoms with Crippen LogP contribution in [-0.2, 0) is 16.1 Å². The number of alkyl carbamates (subject to hydrolysis) is 1. The highest BCUT2D eigenvalue weighted by molar-refractivity contribution is 7.21. The van der Waals surface area contributed by atoms with E-state index in [0.29, 0.717) is 26.2 Å². The average Bonchev–Trinajstić information content (AvgIpc) is 3.21. The maximum atomic E-state index is 12.4. The van der Waals surface area contributed by atoms with Crippen molar-refractivity contribution < 1.29 is 14.3 Å². The average molecular weight is 411 g/mol. The quantitative estimate of drug-likeness (QED) is 0.693. The summed E-state index contributed by atoms with van der Waals surface area (Å²) in [5.41, 5.74) is 1.79. The molecule has 0 aliphatic carbocycles. The number of carbonyl (C=O) groups excluding carboxylic acids is 2. The predicted octanol–water partition coefficient (Wildman–Crippen LogP) is 2.27. The third-order valence-electron chi connectivity index (χ3n) is 4.65. The van der Waals surface area contributed by atoms with Crippen molar-refractivity contribution in [2.45, 2.75) is 6.61 Å². The molecule has 1 saturated heterocycles. The Hall–Kier alpha value is -3.20. The first-order valence-electron chi connectivity index (χ1n) is 9.38. The number of ether oxygens (including phenoxy) is 1. The first kappa shape index (κ1) is 19.1. The second-order valence-electron chi connectivity index (χ2n) is 6.61. The van der Waals surface area contributed by atoms with E-state index >= 15 is 0 Å². The second-order valence-corrected chi connectivity index (χ2v) is 7.56. The Morgan fingerprint density at radius 2 is 1.86 bits per heavy atom. The molecule has 2 amide bonds. The number of hydrogen-bond donors (Lipinski definition) is 1. The number of fused-ring (bicyclic) bond motifs is 1. The standard InChI is InChI=1S/C20H21N5O3S/c26-17(13-22-20(27)28-14-15-5-2-1-3-6-15)24-9-11-25(12-10-24)19-23-16-7-4-8-21-18(16)29-19/h1-8H,9-14H2,(H,22,27). The van der Waals surface area contributed by atoms with E-state index in [0.717, 1.165) is 21.0 Å². The van der Waals surface area contributed by atoms with Gasteiger partial charge in [0.15, 0.2) is 5.13 Å². The molecule has 0 unspecified atom stereocenters. The van der Waals surface area contributed by atoms with Gasteiger partial charge in [-0.2, -0.15) is 0 Å². The third kappa shape index (κ3) is 4.80. The fourth-order valence-electron chi connectivity index (χ4n) is 3.07. The van der Waals surface area contributed by atoms with Gasteiger partial charge in [0.05, 0.1) is 0 Å². The van der Waals surface area contributed by atoms with Gasteiger partial charge < -0.3 is 19.9 Å². The predicted molar refractivity (Wildman–Crippen MR) is 111 cm³/mol. The third-order valence-corrected chi connectivity index (χ3v) is 5.69. The summed E-state index contributed by atoms with van der Waals surface area (Å²) in [6, 6.07) is 13.2. The minimum Gasteiger partial charge on any atom is -0.445 e. The van der Waals surface area contributed by atoms with Crippen LogP contribution in [0.3, 0.4) is 0 Å². The van der Waals surface area contributed by atoms with Gasteiger partial charge in [0, 0.05) is 32.4 Å². The Balaban J connectivity index is 1.21. The summed E-state index contributed by atoms with van der Waals surface area (Å²) in [4.78, 5) is 37.9. The van der Waals surface area contributed by atoms with Crippen LogP contribution in [0.4, 0.5) is 9.93 Å². The first-order chi connectivity index (χ1) is 14.2. The number of anilines is 1. The van der Waals surface area contributed by atoms with Crippen molar-refractivity contribution in [2.75, 3.05) is 37.6 Å². The van der Waals surface area contributed by atoms with E-state index in [4.69, 9.17) is 4.74 Å². The number of thiazole rings is 1. The van der Waals surface area contributed by atoms with Crippen LogP contribution in [0.15, 0.2) is 48.7 Å². The number of piperazine rings is 1. The second kappa shape index (κ2) is 8.87. The summed E-state index contributed by atoms with van der Waals surface area (Å²) < 4.78 is 5.13. The number of hydrogen-bond acceptors (Lipinski definition) is 7. The Bertz CT molecular complexity index is 953. The van der Waals surface area contributed by atoms with Crippen molar-refractivity contribution in [3.8, 4) is 0 Å². The molecule has 0 saturated carbocycles. The summed E-state index contributed by atoms with van der Waals surface area (Å²) in [6.45, 7) is 2.68. The summed E-state index contributed by atoms with van der Waals surface area (Å²) in [5.74, 6) is -0.118. The molecule has 0 bridgehead atoms. The van der Waals surface area contributed by atoms with Crippen LogP contribution < -0.4 is 10.2 Å². The van der Waals surface area contributed by atoms with Crippen molar-refractivity contribution in [1.82, 2.24) is 20.2 Å². The molecule has 4 rings (SSSR count). The normalized spacial score (nSPS) is 14.1. The van der Waals surface area contributed by atoms with Crippen molar-refractivity contribution in [2.24, 2.45) is 0 Å². The van der Waals surface area contributed by atoms with Crippen LogP contribution in [0, 0.1) is 0 Å². The first-order valence-corrected chi connectivity index (χ1v) is 10.2. The number of pyridine rings is 1. The van der Waals surface area contributed by atoms with E-state index in [1.165, 1.54) is 0 Å². The number of aromatic nitrogens is 2. The summed E-state index contributed by atoms with van der Waals surface area (Å²) in [5, 5.41) is 3.45. The molecular weight excluding hydrogens is 390 g/mol. The fraction of sp³-hybridized carbons (Fsp3) is 0.300. The topological polar surface area (TPSA) is 87.7 Å². The van der Waals surface area contributed by atoms with Crippen LogP contribution in [0.2, 0.25) is 0 Å². The molecule has 29 heavy (non-hydrogen) atoms. The zero-order chi connectivity index (χ0) is 20.1. The molecule has 9 heteroatoms. The molecule has 1 aliphatic rings. The van der Waals surface area contributed by atoms with Gasteiger partial charge >= 0.3 is 6.09 Å². The monoisotopic (exact) mass is 411 g/mol. The summed E-state index contributed by atoms with van der Waals surface area (Å²) in [6.07, 6.45) is 1.17. The highest BCUT2D eigenvalue weighted by Gasteiger charge is 2.23. The minimum atomic E-state index is -0.595. The number of rotatable bonds is 5. The lowest BCUT2D eigenvalue weighted by molar-refractivity contribution is -0.130. The molecule has 150 valence electrons. The number of nitrogens with zero attached hydrogens (tertiary/aromatic N) is 4. The van der Waals surface area contributed by atoms with Crippen molar-refractivity contribution in [1.29, 1.82) is 0 Å².